The first-order valence-corrected chi connectivity index (χ1v) is 6.91. The SMILES string of the molecule is CC(C(=O)O)c1cn(CCC2CCCCC2)cn1. The van der Waals surface area contributed by atoms with Crippen molar-refractivity contribution in [3.8, 4) is 0 Å². The number of aromatic nitrogens is 2. The smallest absolute Gasteiger partial charge is 0.312 e. The van der Waals surface area contributed by atoms with Crippen molar-refractivity contribution >= 4 is 5.97 Å². The molecule has 0 amide bonds. The van der Waals surface area contributed by atoms with Gasteiger partial charge >= 0.3 is 5.97 Å². The summed E-state index contributed by atoms with van der Waals surface area (Å²) >= 11 is 0. The van der Waals surface area contributed by atoms with E-state index in [2.05, 4.69) is 4.98 Å². The molecule has 0 bridgehead atoms. The molecule has 0 aromatic carbocycles. The number of hydrogen-bond donors (Lipinski definition) is 1. The van der Waals surface area contributed by atoms with E-state index in [1.165, 1.54) is 38.5 Å². The van der Waals surface area contributed by atoms with Gasteiger partial charge in [-0.25, -0.2) is 4.98 Å². The van der Waals surface area contributed by atoms with Crippen molar-refractivity contribution in [1.29, 1.82) is 0 Å². The van der Waals surface area contributed by atoms with E-state index in [0.29, 0.717) is 5.69 Å². The van der Waals surface area contributed by atoms with Crippen molar-refractivity contribution in [2.75, 3.05) is 0 Å². The summed E-state index contributed by atoms with van der Waals surface area (Å²) in [5.41, 5.74) is 0.658. The molecular weight excluding hydrogens is 228 g/mol. The van der Waals surface area contributed by atoms with Crippen molar-refractivity contribution in [2.24, 2.45) is 5.92 Å². The number of hydrogen-bond acceptors (Lipinski definition) is 2. The van der Waals surface area contributed by atoms with Crippen LogP contribution in [0.25, 0.3) is 0 Å². The Hall–Kier alpha value is -1.32. The van der Waals surface area contributed by atoms with Gasteiger partial charge in [0.2, 0.25) is 0 Å². The predicted octanol–water partition coefficient (Wildman–Crippen LogP) is 3.04. The van der Waals surface area contributed by atoms with Gasteiger partial charge in [0, 0.05) is 12.7 Å². The zero-order valence-electron chi connectivity index (χ0n) is 11.0. The van der Waals surface area contributed by atoms with E-state index in [4.69, 9.17) is 5.11 Å². The number of aliphatic carboxylic acids is 1. The van der Waals surface area contributed by atoms with Crippen molar-refractivity contribution in [2.45, 2.75) is 57.9 Å². The molecule has 0 saturated heterocycles. The Morgan fingerprint density at radius 3 is 2.89 bits per heavy atom. The molecule has 2 rings (SSSR count). The molecule has 4 nitrogen and oxygen atoms in total. The van der Waals surface area contributed by atoms with Gasteiger partial charge in [0.05, 0.1) is 17.9 Å². The lowest BCUT2D eigenvalue weighted by Gasteiger charge is -2.21. The first-order chi connectivity index (χ1) is 8.66. The first-order valence-electron chi connectivity index (χ1n) is 6.91. The minimum absolute atomic E-state index is 0.513. The van der Waals surface area contributed by atoms with Crippen LogP contribution in [0.2, 0.25) is 0 Å². The molecule has 1 aliphatic carbocycles. The summed E-state index contributed by atoms with van der Waals surface area (Å²) in [5, 5.41) is 8.93. The second-order valence-electron chi connectivity index (χ2n) is 5.39. The van der Waals surface area contributed by atoms with Crippen LogP contribution in [0.15, 0.2) is 12.5 Å². The number of carboxylic acid groups (broad SMARTS) is 1. The number of carbonyl (C=O) groups is 1. The normalized spacial score (nSPS) is 18.7. The molecule has 1 aromatic heterocycles. The summed E-state index contributed by atoms with van der Waals surface area (Å²) in [4.78, 5) is 15.0. The molecule has 1 saturated carbocycles. The lowest BCUT2D eigenvalue weighted by atomic mass is 9.87. The third kappa shape index (κ3) is 3.34. The van der Waals surface area contributed by atoms with Crippen molar-refractivity contribution in [1.82, 2.24) is 9.55 Å². The van der Waals surface area contributed by atoms with Crippen LogP contribution in [-0.4, -0.2) is 20.6 Å². The van der Waals surface area contributed by atoms with E-state index >= 15 is 0 Å². The molecule has 0 spiro atoms. The Kier molecular flexibility index (Phi) is 4.39. The molecule has 18 heavy (non-hydrogen) atoms. The molecule has 1 fully saturated rings. The van der Waals surface area contributed by atoms with Crippen molar-refractivity contribution in [3.05, 3.63) is 18.2 Å². The highest BCUT2D eigenvalue weighted by molar-refractivity contribution is 5.74. The van der Waals surface area contributed by atoms with Crippen LogP contribution in [0.1, 0.15) is 57.1 Å². The van der Waals surface area contributed by atoms with Gasteiger partial charge in [-0.15, -0.1) is 0 Å². The van der Waals surface area contributed by atoms with E-state index in [1.807, 2.05) is 10.8 Å². The van der Waals surface area contributed by atoms with E-state index < -0.39 is 11.9 Å². The zero-order chi connectivity index (χ0) is 13.0. The van der Waals surface area contributed by atoms with Crippen LogP contribution < -0.4 is 0 Å². The molecule has 1 heterocycles. The quantitative estimate of drug-likeness (QED) is 0.873. The lowest BCUT2D eigenvalue weighted by molar-refractivity contribution is -0.138. The Balaban J connectivity index is 1.84. The third-order valence-electron chi connectivity index (χ3n) is 3.99. The summed E-state index contributed by atoms with van der Waals surface area (Å²) in [6.07, 6.45) is 11.7. The maximum atomic E-state index is 10.9. The Labute approximate surface area is 108 Å². The van der Waals surface area contributed by atoms with Crippen LogP contribution in [0.4, 0.5) is 0 Å². The number of rotatable bonds is 5. The van der Waals surface area contributed by atoms with Gasteiger partial charge in [-0.2, -0.15) is 0 Å². The van der Waals surface area contributed by atoms with E-state index in [9.17, 15) is 4.79 Å². The minimum atomic E-state index is -0.812. The molecule has 100 valence electrons. The fourth-order valence-corrected chi connectivity index (χ4v) is 2.66. The maximum absolute atomic E-state index is 10.9. The standard InChI is InChI=1S/C14H22N2O2/c1-11(14(17)18)13-9-16(10-15-13)8-7-12-5-3-2-4-6-12/h9-12H,2-8H2,1H3,(H,17,18). The van der Waals surface area contributed by atoms with Gasteiger partial charge < -0.3 is 9.67 Å². The number of aryl methyl sites for hydroxylation is 1. The Bertz CT molecular complexity index is 394. The van der Waals surface area contributed by atoms with Gasteiger partial charge in [-0.05, 0) is 19.3 Å². The molecule has 4 heteroatoms. The molecule has 1 N–H and O–H groups in total. The van der Waals surface area contributed by atoms with E-state index in [1.54, 1.807) is 13.3 Å². The highest BCUT2D eigenvalue weighted by Crippen LogP contribution is 2.26. The number of imidazole rings is 1. The lowest BCUT2D eigenvalue weighted by Crippen LogP contribution is -2.10. The Morgan fingerprint density at radius 2 is 2.22 bits per heavy atom. The average Bonchev–Trinajstić information content (AvgIpc) is 2.85. The molecule has 1 aliphatic rings. The van der Waals surface area contributed by atoms with Crippen LogP contribution in [-0.2, 0) is 11.3 Å². The second kappa shape index (κ2) is 6.03. The van der Waals surface area contributed by atoms with Gasteiger partial charge in [0.25, 0.3) is 0 Å². The van der Waals surface area contributed by atoms with E-state index in [-0.39, 0.29) is 0 Å². The van der Waals surface area contributed by atoms with E-state index in [0.717, 1.165) is 12.5 Å². The number of nitrogens with zero attached hydrogens (tertiary/aromatic N) is 2. The minimum Gasteiger partial charge on any atom is -0.481 e. The van der Waals surface area contributed by atoms with Crippen LogP contribution in [0.3, 0.4) is 0 Å². The van der Waals surface area contributed by atoms with Crippen molar-refractivity contribution < 1.29 is 9.90 Å². The number of carboxylic acids is 1. The highest BCUT2D eigenvalue weighted by Gasteiger charge is 2.17. The summed E-state index contributed by atoms with van der Waals surface area (Å²) in [5.74, 6) is -0.477. The average molecular weight is 250 g/mol. The second-order valence-corrected chi connectivity index (χ2v) is 5.39. The maximum Gasteiger partial charge on any atom is 0.312 e. The summed E-state index contributed by atoms with van der Waals surface area (Å²) in [7, 11) is 0. The van der Waals surface area contributed by atoms with Crippen LogP contribution in [0, 0.1) is 5.92 Å². The summed E-state index contributed by atoms with van der Waals surface area (Å²) in [6, 6.07) is 0. The van der Waals surface area contributed by atoms with Crippen LogP contribution in [0.5, 0.6) is 0 Å². The molecule has 0 radical (unpaired) electrons. The fourth-order valence-electron chi connectivity index (χ4n) is 2.66. The highest BCUT2D eigenvalue weighted by atomic mass is 16.4. The summed E-state index contributed by atoms with van der Waals surface area (Å²) < 4.78 is 2.03. The van der Waals surface area contributed by atoms with Crippen molar-refractivity contribution in [3.63, 3.8) is 0 Å². The monoisotopic (exact) mass is 250 g/mol. The van der Waals surface area contributed by atoms with Gasteiger partial charge in [0.1, 0.15) is 0 Å². The molecule has 1 aromatic rings. The predicted molar refractivity (Wildman–Crippen MR) is 69.5 cm³/mol. The first kappa shape index (κ1) is 13.1. The van der Waals surface area contributed by atoms with Crippen LogP contribution >= 0.6 is 0 Å². The molecule has 0 aliphatic heterocycles. The topological polar surface area (TPSA) is 55.1 Å². The summed E-state index contributed by atoms with van der Waals surface area (Å²) in [6.45, 7) is 2.64. The fraction of sp³-hybridized carbons (Fsp3) is 0.714. The Morgan fingerprint density at radius 1 is 1.50 bits per heavy atom. The van der Waals surface area contributed by atoms with Gasteiger partial charge in [-0.3, -0.25) is 4.79 Å². The molecule has 1 atom stereocenters. The molecular formula is C14H22N2O2. The van der Waals surface area contributed by atoms with Gasteiger partial charge in [0.15, 0.2) is 0 Å². The van der Waals surface area contributed by atoms with Gasteiger partial charge in [-0.1, -0.05) is 32.1 Å². The zero-order valence-corrected chi connectivity index (χ0v) is 11.0. The molecule has 1 unspecified atom stereocenters. The largest absolute Gasteiger partial charge is 0.481 e. The third-order valence-corrected chi connectivity index (χ3v) is 3.99.